The number of aromatic nitrogens is 4. The number of amides is 1. The van der Waals surface area contributed by atoms with Crippen LogP contribution in [-0.4, -0.2) is 26.1 Å². The Morgan fingerprint density at radius 1 is 1.23 bits per heavy atom. The van der Waals surface area contributed by atoms with E-state index in [1.54, 1.807) is 0 Å². The van der Waals surface area contributed by atoms with Gasteiger partial charge >= 0.3 is 0 Å². The predicted molar refractivity (Wildman–Crippen MR) is 86.1 cm³/mol. The molecule has 7 heteroatoms. The van der Waals surface area contributed by atoms with E-state index >= 15 is 0 Å². The number of nitrogens with zero attached hydrogens (tertiary/aromatic N) is 3. The van der Waals surface area contributed by atoms with Gasteiger partial charge in [-0.05, 0) is 32.9 Å². The Bertz CT molecular complexity index is 836. The van der Waals surface area contributed by atoms with Crippen molar-refractivity contribution in [2.45, 2.75) is 20.8 Å². The molecule has 0 unspecified atom stereocenters. The number of aryl methyl sites for hydroxylation is 3. The van der Waals surface area contributed by atoms with Gasteiger partial charge in [-0.15, -0.1) is 11.3 Å². The lowest BCUT2D eigenvalue weighted by Crippen LogP contribution is -2.11. The summed E-state index contributed by atoms with van der Waals surface area (Å²) in [5.74, 6) is 1.21. The van der Waals surface area contributed by atoms with Gasteiger partial charge in [0.2, 0.25) is 0 Å². The third kappa shape index (κ3) is 2.89. The maximum Gasteiger partial charge on any atom is 0.267 e. The molecule has 2 heterocycles. The molecule has 0 saturated carbocycles. The molecule has 3 rings (SSSR count). The quantitative estimate of drug-likeness (QED) is 0.778. The molecule has 112 valence electrons. The minimum atomic E-state index is -0.147. The van der Waals surface area contributed by atoms with Crippen LogP contribution in [0.15, 0.2) is 24.3 Å². The van der Waals surface area contributed by atoms with Gasteiger partial charge in [0.25, 0.3) is 5.91 Å². The molecule has 22 heavy (non-hydrogen) atoms. The summed E-state index contributed by atoms with van der Waals surface area (Å²) >= 11 is 1.39. The van der Waals surface area contributed by atoms with Gasteiger partial charge < -0.3 is 5.32 Å². The molecule has 0 bridgehead atoms. The molecule has 0 spiro atoms. The van der Waals surface area contributed by atoms with Crippen LogP contribution in [0.5, 0.6) is 0 Å². The fraction of sp³-hybridized carbons (Fsp3) is 0.200. The van der Waals surface area contributed by atoms with E-state index in [4.69, 9.17) is 0 Å². The van der Waals surface area contributed by atoms with Crippen molar-refractivity contribution in [3.8, 4) is 11.4 Å². The molecular formula is C15H15N5OS. The second-order valence-electron chi connectivity index (χ2n) is 4.93. The summed E-state index contributed by atoms with van der Waals surface area (Å²) in [6.45, 7) is 5.57. The highest BCUT2D eigenvalue weighted by Crippen LogP contribution is 2.22. The van der Waals surface area contributed by atoms with E-state index in [1.807, 2.05) is 45.0 Å². The zero-order valence-electron chi connectivity index (χ0n) is 12.5. The molecule has 0 fully saturated rings. The first-order chi connectivity index (χ1) is 10.5. The number of benzene rings is 1. The second-order valence-corrected chi connectivity index (χ2v) is 6.13. The molecular weight excluding hydrogens is 298 g/mol. The Hall–Kier alpha value is -2.54. The van der Waals surface area contributed by atoms with Crippen LogP contribution in [0, 0.1) is 20.8 Å². The lowest BCUT2D eigenvalue weighted by molar-refractivity contribution is 0.103. The summed E-state index contributed by atoms with van der Waals surface area (Å²) in [5, 5.41) is 10.7. The first-order valence-electron chi connectivity index (χ1n) is 6.78. The molecule has 0 aliphatic heterocycles. The third-order valence-corrected chi connectivity index (χ3v) is 4.16. The molecule has 1 aromatic carbocycles. The summed E-state index contributed by atoms with van der Waals surface area (Å²) in [7, 11) is 0. The van der Waals surface area contributed by atoms with Gasteiger partial charge in [-0.25, -0.2) is 9.97 Å². The number of H-pyrrole nitrogens is 1. The lowest BCUT2D eigenvalue weighted by atomic mass is 10.2. The number of aromatic amines is 1. The van der Waals surface area contributed by atoms with E-state index in [2.05, 4.69) is 25.5 Å². The predicted octanol–water partition coefficient (Wildman–Crippen LogP) is 3.11. The number of thiazole rings is 1. The van der Waals surface area contributed by atoms with E-state index in [0.29, 0.717) is 16.4 Å². The van der Waals surface area contributed by atoms with Gasteiger partial charge in [0.15, 0.2) is 5.82 Å². The fourth-order valence-corrected chi connectivity index (χ4v) is 2.95. The number of hydrogen-bond acceptors (Lipinski definition) is 5. The van der Waals surface area contributed by atoms with Gasteiger partial charge in [0, 0.05) is 11.3 Å². The van der Waals surface area contributed by atoms with Crippen LogP contribution < -0.4 is 5.32 Å². The lowest BCUT2D eigenvalue weighted by Gasteiger charge is -2.05. The van der Waals surface area contributed by atoms with Crippen molar-refractivity contribution in [2.75, 3.05) is 5.32 Å². The number of rotatable bonds is 3. The van der Waals surface area contributed by atoms with E-state index in [0.717, 1.165) is 22.1 Å². The number of nitrogens with one attached hydrogen (secondary N) is 2. The minimum absolute atomic E-state index is 0.147. The van der Waals surface area contributed by atoms with Gasteiger partial charge in [-0.1, -0.05) is 12.1 Å². The highest BCUT2D eigenvalue weighted by Gasteiger charge is 2.14. The standard InChI is InChI=1S/C15H15N5OS/c1-8-13(22-10(3)16-8)15(21)18-12-6-4-5-11(7-12)14-17-9(2)19-20-14/h4-7H,1-3H3,(H,18,21)(H,17,19,20). The summed E-state index contributed by atoms with van der Waals surface area (Å²) in [4.78, 5) is 21.5. The van der Waals surface area contributed by atoms with Crippen molar-refractivity contribution in [3.05, 3.63) is 45.7 Å². The third-order valence-electron chi connectivity index (χ3n) is 3.09. The number of anilines is 1. The molecule has 6 nitrogen and oxygen atoms in total. The molecule has 0 saturated heterocycles. The van der Waals surface area contributed by atoms with E-state index in [1.165, 1.54) is 11.3 Å². The van der Waals surface area contributed by atoms with Crippen molar-refractivity contribution in [3.63, 3.8) is 0 Å². The van der Waals surface area contributed by atoms with Crippen LogP contribution in [0.25, 0.3) is 11.4 Å². The average molecular weight is 313 g/mol. The molecule has 3 aromatic rings. The molecule has 1 amide bonds. The zero-order chi connectivity index (χ0) is 15.7. The van der Waals surface area contributed by atoms with E-state index in [9.17, 15) is 4.79 Å². The Morgan fingerprint density at radius 3 is 2.68 bits per heavy atom. The first kappa shape index (κ1) is 14.4. The Balaban J connectivity index is 1.84. The number of carbonyl (C=O) groups is 1. The molecule has 0 atom stereocenters. The number of hydrogen-bond donors (Lipinski definition) is 2. The van der Waals surface area contributed by atoms with Crippen molar-refractivity contribution in [1.82, 2.24) is 20.2 Å². The van der Waals surface area contributed by atoms with Gasteiger partial charge in [-0.3, -0.25) is 9.89 Å². The summed E-state index contributed by atoms with van der Waals surface area (Å²) < 4.78 is 0. The maximum atomic E-state index is 12.3. The summed E-state index contributed by atoms with van der Waals surface area (Å²) in [6.07, 6.45) is 0. The van der Waals surface area contributed by atoms with E-state index < -0.39 is 0 Å². The van der Waals surface area contributed by atoms with Crippen LogP contribution in [0.1, 0.15) is 26.2 Å². The first-order valence-corrected chi connectivity index (χ1v) is 7.59. The Morgan fingerprint density at radius 2 is 2.05 bits per heavy atom. The highest BCUT2D eigenvalue weighted by atomic mass is 32.1. The van der Waals surface area contributed by atoms with Crippen LogP contribution in [0.4, 0.5) is 5.69 Å². The van der Waals surface area contributed by atoms with Gasteiger partial charge in [0.05, 0.1) is 10.7 Å². The summed E-state index contributed by atoms with van der Waals surface area (Å²) in [5.41, 5.74) is 2.30. The largest absolute Gasteiger partial charge is 0.321 e. The van der Waals surface area contributed by atoms with Gasteiger partial charge in [-0.2, -0.15) is 5.10 Å². The minimum Gasteiger partial charge on any atom is -0.321 e. The van der Waals surface area contributed by atoms with Crippen LogP contribution in [-0.2, 0) is 0 Å². The maximum absolute atomic E-state index is 12.3. The van der Waals surface area contributed by atoms with Crippen molar-refractivity contribution >= 4 is 22.9 Å². The van der Waals surface area contributed by atoms with Crippen molar-refractivity contribution in [1.29, 1.82) is 0 Å². The Kier molecular flexibility index (Phi) is 3.72. The fourth-order valence-electron chi connectivity index (χ4n) is 2.14. The molecule has 0 aliphatic carbocycles. The topological polar surface area (TPSA) is 83.6 Å². The zero-order valence-corrected chi connectivity index (χ0v) is 13.3. The smallest absolute Gasteiger partial charge is 0.267 e. The molecule has 2 N–H and O–H groups in total. The SMILES string of the molecule is Cc1nc(-c2cccc(NC(=O)c3sc(C)nc3C)c2)n[nH]1. The van der Waals surface area contributed by atoms with Gasteiger partial charge in [0.1, 0.15) is 10.7 Å². The van der Waals surface area contributed by atoms with Crippen LogP contribution >= 0.6 is 11.3 Å². The summed E-state index contributed by atoms with van der Waals surface area (Å²) in [6, 6.07) is 7.45. The molecule has 0 aliphatic rings. The van der Waals surface area contributed by atoms with Crippen LogP contribution in [0.3, 0.4) is 0 Å². The normalized spacial score (nSPS) is 10.7. The highest BCUT2D eigenvalue weighted by molar-refractivity contribution is 7.13. The van der Waals surface area contributed by atoms with Crippen molar-refractivity contribution in [2.24, 2.45) is 0 Å². The van der Waals surface area contributed by atoms with Crippen molar-refractivity contribution < 1.29 is 4.79 Å². The second kappa shape index (κ2) is 5.69. The number of carbonyl (C=O) groups excluding carboxylic acids is 1. The Labute approximate surface area is 131 Å². The molecule has 2 aromatic heterocycles. The molecule has 0 radical (unpaired) electrons. The van der Waals surface area contributed by atoms with Crippen LogP contribution in [0.2, 0.25) is 0 Å². The van der Waals surface area contributed by atoms with E-state index in [-0.39, 0.29) is 5.91 Å². The average Bonchev–Trinajstić information content (AvgIpc) is 3.05. The monoisotopic (exact) mass is 313 g/mol.